The number of hydrogen-bond acceptors (Lipinski definition) is 6. The molecule has 0 spiro atoms. The van der Waals surface area contributed by atoms with Crippen molar-refractivity contribution >= 4 is 17.6 Å². The summed E-state index contributed by atoms with van der Waals surface area (Å²) < 4.78 is 1.72. The largest absolute Gasteiger partial charge is 0.373 e. The van der Waals surface area contributed by atoms with E-state index in [9.17, 15) is 4.79 Å². The molecule has 0 atom stereocenters. The molecule has 0 radical (unpaired) electrons. The molecule has 0 amide bonds. The Kier molecular flexibility index (Phi) is 3.47. The van der Waals surface area contributed by atoms with Gasteiger partial charge in [0.2, 0.25) is 0 Å². The fourth-order valence-corrected chi connectivity index (χ4v) is 2.85. The van der Waals surface area contributed by atoms with Gasteiger partial charge in [-0.1, -0.05) is 6.92 Å². The van der Waals surface area contributed by atoms with Crippen LogP contribution in [0.1, 0.15) is 31.6 Å². The van der Waals surface area contributed by atoms with Crippen molar-refractivity contribution in [1.82, 2.24) is 24.7 Å². The van der Waals surface area contributed by atoms with Gasteiger partial charge in [0.15, 0.2) is 5.16 Å². The SMILES string of the molecule is CCc1nc(NC)cc(Sc2n[nH]c(=O)n2C2CC2)n1. The molecule has 3 rings (SSSR count). The second-order valence-electron chi connectivity index (χ2n) is 4.63. The number of hydrogen-bond donors (Lipinski definition) is 2. The van der Waals surface area contributed by atoms with E-state index in [1.165, 1.54) is 11.8 Å². The number of anilines is 1. The molecular weight excluding hydrogens is 276 g/mol. The monoisotopic (exact) mass is 292 g/mol. The van der Waals surface area contributed by atoms with Crippen molar-refractivity contribution in [3.05, 3.63) is 22.4 Å². The van der Waals surface area contributed by atoms with E-state index in [2.05, 4.69) is 25.5 Å². The molecule has 20 heavy (non-hydrogen) atoms. The predicted octanol–water partition coefficient (Wildman–Crippen LogP) is 1.45. The van der Waals surface area contributed by atoms with Gasteiger partial charge in [-0.2, -0.15) is 0 Å². The van der Waals surface area contributed by atoms with E-state index in [0.29, 0.717) is 11.2 Å². The summed E-state index contributed by atoms with van der Waals surface area (Å²) in [5, 5.41) is 11.1. The van der Waals surface area contributed by atoms with Crippen molar-refractivity contribution in [1.29, 1.82) is 0 Å². The van der Waals surface area contributed by atoms with Crippen LogP contribution in [0.4, 0.5) is 5.82 Å². The molecule has 0 aliphatic heterocycles. The van der Waals surface area contributed by atoms with E-state index in [0.717, 1.165) is 35.9 Å². The number of nitrogens with one attached hydrogen (secondary N) is 2. The lowest BCUT2D eigenvalue weighted by Crippen LogP contribution is -2.16. The van der Waals surface area contributed by atoms with E-state index in [-0.39, 0.29) is 5.69 Å². The van der Waals surface area contributed by atoms with Gasteiger partial charge < -0.3 is 5.32 Å². The van der Waals surface area contributed by atoms with Gasteiger partial charge in [-0.3, -0.25) is 4.57 Å². The van der Waals surface area contributed by atoms with Gasteiger partial charge in [0.1, 0.15) is 16.7 Å². The van der Waals surface area contributed by atoms with E-state index < -0.39 is 0 Å². The Labute approximate surface area is 120 Å². The van der Waals surface area contributed by atoms with Crippen LogP contribution in [0.15, 0.2) is 21.0 Å². The highest BCUT2D eigenvalue weighted by molar-refractivity contribution is 7.99. The van der Waals surface area contributed by atoms with E-state index in [1.807, 2.05) is 20.0 Å². The summed E-state index contributed by atoms with van der Waals surface area (Å²) in [6.07, 6.45) is 2.84. The van der Waals surface area contributed by atoms with Crippen LogP contribution in [0.5, 0.6) is 0 Å². The zero-order valence-electron chi connectivity index (χ0n) is 11.4. The van der Waals surface area contributed by atoms with Crippen LogP contribution >= 0.6 is 11.8 Å². The molecule has 1 saturated carbocycles. The highest BCUT2D eigenvalue weighted by atomic mass is 32.2. The van der Waals surface area contributed by atoms with E-state index >= 15 is 0 Å². The molecule has 8 heteroatoms. The number of aryl methyl sites for hydroxylation is 1. The van der Waals surface area contributed by atoms with Gasteiger partial charge in [0, 0.05) is 25.6 Å². The van der Waals surface area contributed by atoms with E-state index in [1.54, 1.807) is 4.57 Å². The van der Waals surface area contributed by atoms with Crippen molar-refractivity contribution in [2.24, 2.45) is 0 Å². The average molecular weight is 292 g/mol. The number of aromatic amines is 1. The second kappa shape index (κ2) is 5.28. The topological polar surface area (TPSA) is 88.5 Å². The summed E-state index contributed by atoms with van der Waals surface area (Å²) in [5.74, 6) is 1.55. The maximum absolute atomic E-state index is 11.7. The molecule has 1 fully saturated rings. The van der Waals surface area contributed by atoms with Crippen LogP contribution in [0.2, 0.25) is 0 Å². The zero-order chi connectivity index (χ0) is 14.1. The number of nitrogens with zero attached hydrogens (tertiary/aromatic N) is 4. The molecule has 106 valence electrons. The number of aromatic nitrogens is 5. The number of H-pyrrole nitrogens is 1. The fourth-order valence-electron chi connectivity index (χ4n) is 1.92. The van der Waals surface area contributed by atoms with Crippen LogP contribution in [0.3, 0.4) is 0 Å². The summed E-state index contributed by atoms with van der Waals surface area (Å²) in [5.41, 5.74) is -0.145. The van der Waals surface area contributed by atoms with Crippen LogP contribution in [0.25, 0.3) is 0 Å². The summed E-state index contributed by atoms with van der Waals surface area (Å²) >= 11 is 1.39. The molecular formula is C12H16N6OS. The van der Waals surface area contributed by atoms with Crippen molar-refractivity contribution < 1.29 is 0 Å². The Morgan fingerprint density at radius 3 is 2.95 bits per heavy atom. The van der Waals surface area contributed by atoms with Gasteiger partial charge in [-0.15, -0.1) is 5.10 Å². The van der Waals surface area contributed by atoms with Crippen molar-refractivity contribution in [2.45, 2.75) is 42.4 Å². The normalized spacial score (nSPS) is 14.5. The smallest absolute Gasteiger partial charge is 0.344 e. The first kappa shape index (κ1) is 13.2. The third-order valence-corrected chi connectivity index (χ3v) is 3.99. The minimum Gasteiger partial charge on any atom is -0.373 e. The fraction of sp³-hybridized carbons (Fsp3) is 0.500. The zero-order valence-corrected chi connectivity index (χ0v) is 12.2. The van der Waals surface area contributed by atoms with Gasteiger partial charge in [0.25, 0.3) is 0 Å². The first-order valence-electron chi connectivity index (χ1n) is 6.61. The van der Waals surface area contributed by atoms with Gasteiger partial charge in [-0.05, 0) is 24.6 Å². The van der Waals surface area contributed by atoms with Gasteiger partial charge in [-0.25, -0.2) is 19.9 Å². The minimum absolute atomic E-state index is 0.145. The first-order valence-corrected chi connectivity index (χ1v) is 7.43. The molecule has 0 unspecified atom stereocenters. The van der Waals surface area contributed by atoms with Gasteiger partial charge in [0.05, 0.1) is 0 Å². The summed E-state index contributed by atoms with van der Waals surface area (Å²) in [6, 6.07) is 2.15. The summed E-state index contributed by atoms with van der Waals surface area (Å²) in [7, 11) is 1.82. The Morgan fingerprint density at radius 1 is 1.50 bits per heavy atom. The highest BCUT2D eigenvalue weighted by Gasteiger charge is 2.29. The van der Waals surface area contributed by atoms with Crippen LogP contribution in [-0.2, 0) is 6.42 Å². The molecule has 7 nitrogen and oxygen atoms in total. The number of rotatable bonds is 5. The Balaban J connectivity index is 1.93. The average Bonchev–Trinajstić information content (AvgIpc) is 3.23. The standard InChI is InChI=1S/C12H16N6OS/c1-3-8-14-9(13-2)6-10(15-8)20-12-17-16-11(19)18(12)7-4-5-7/h6-7H,3-5H2,1-2H3,(H,16,19)(H,13,14,15). The maximum Gasteiger partial charge on any atom is 0.344 e. The Bertz CT molecular complexity index is 653. The van der Waals surface area contributed by atoms with Crippen LogP contribution < -0.4 is 11.0 Å². The molecule has 2 aromatic heterocycles. The lowest BCUT2D eigenvalue weighted by Gasteiger charge is -2.06. The molecule has 2 N–H and O–H groups in total. The van der Waals surface area contributed by atoms with Crippen molar-refractivity contribution in [2.75, 3.05) is 12.4 Å². The molecule has 1 aliphatic carbocycles. The Morgan fingerprint density at radius 2 is 2.30 bits per heavy atom. The highest BCUT2D eigenvalue weighted by Crippen LogP contribution is 2.37. The molecule has 1 aliphatic rings. The Hall–Kier alpha value is -1.83. The molecule has 2 heterocycles. The molecule has 0 aromatic carbocycles. The third kappa shape index (κ3) is 2.55. The molecule has 0 bridgehead atoms. The first-order chi connectivity index (χ1) is 9.71. The van der Waals surface area contributed by atoms with E-state index in [4.69, 9.17) is 0 Å². The molecule has 0 saturated heterocycles. The second-order valence-corrected chi connectivity index (χ2v) is 5.61. The lowest BCUT2D eigenvalue weighted by atomic mass is 10.4. The van der Waals surface area contributed by atoms with Crippen LogP contribution in [-0.4, -0.2) is 31.8 Å². The third-order valence-electron chi connectivity index (χ3n) is 3.10. The lowest BCUT2D eigenvalue weighted by molar-refractivity contribution is 0.642. The van der Waals surface area contributed by atoms with Crippen molar-refractivity contribution in [3.63, 3.8) is 0 Å². The minimum atomic E-state index is -0.145. The maximum atomic E-state index is 11.7. The predicted molar refractivity (Wildman–Crippen MR) is 76.2 cm³/mol. The quantitative estimate of drug-likeness (QED) is 0.811. The summed E-state index contributed by atoms with van der Waals surface area (Å²) in [6.45, 7) is 2.01. The molecule has 2 aromatic rings. The summed E-state index contributed by atoms with van der Waals surface area (Å²) in [4.78, 5) is 20.6. The van der Waals surface area contributed by atoms with Crippen LogP contribution in [0, 0.1) is 0 Å². The van der Waals surface area contributed by atoms with Gasteiger partial charge >= 0.3 is 5.69 Å². The van der Waals surface area contributed by atoms with Crippen molar-refractivity contribution in [3.8, 4) is 0 Å².